The highest BCUT2D eigenvalue weighted by atomic mass is 19.1. The van der Waals surface area contributed by atoms with Gasteiger partial charge in [0.15, 0.2) is 0 Å². The van der Waals surface area contributed by atoms with Crippen LogP contribution in [0.25, 0.3) is 0 Å². The first kappa shape index (κ1) is 15.4. The molecule has 1 aliphatic heterocycles. The number of hydrogen-bond acceptors (Lipinski definition) is 2. The second-order valence-electron chi connectivity index (χ2n) is 5.96. The van der Waals surface area contributed by atoms with Gasteiger partial charge in [-0.2, -0.15) is 0 Å². The van der Waals surface area contributed by atoms with Crippen LogP contribution in [0, 0.1) is 11.6 Å². The third kappa shape index (κ3) is 3.76. The average molecular weight is 282 g/mol. The molecule has 4 heteroatoms. The molecule has 1 aliphatic rings. The molecule has 0 spiro atoms. The number of likely N-dealkylation sites (tertiary alicyclic amines) is 1. The zero-order valence-corrected chi connectivity index (χ0v) is 12.5. The molecule has 1 aromatic rings. The fourth-order valence-corrected chi connectivity index (χ4v) is 2.88. The van der Waals surface area contributed by atoms with Crippen molar-refractivity contribution >= 4 is 0 Å². The minimum Gasteiger partial charge on any atom is -0.307 e. The van der Waals surface area contributed by atoms with Gasteiger partial charge in [-0.15, -0.1) is 0 Å². The van der Waals surface area contributed by atoms with Gasteiger partial charge >= 0.3 is 0 Å². The zero-order valence-electron chi connectivity index (χ0n) is 12.5. The molecule has 20 heavy (non-hydrogen) atoms. The first-order chi connectivity index (χ1) is 9.47. The van der Waals surface area contributed by atoms with E-state index < -0.39 is 11.6 Å². The molecule has 1 heterocycles. The maximum atomic E-state index is 13.7. The molecule has 0 aromatic heterocycles. The Kier molecular flexibility index (Phi) is 5.11. The number of piperidine rings is 1. The van der Waals surface area contributed by atoms with E-state index in [0.29, 0.717) is 17.6 Å². The van der Waals surface area contributed by atoms with Gasteiger partial charge in [-0.25, -0.2) is 8.78 Å². The van der Waals surface area contributed by atoms with Crippen molar-refractivity contribution in [2.45, 2.75) is 51.7 Å². The van der Waals surface area contributed by atoms with Crippen LogP contribution in [0.4, 0.5) is 8.78 Å². The number of rotatable bonds is 4. The SMILES string of the molecule is CC(NC1CCN(C(C)C)CC1)c1ccc(F)cc1F. The van der Waals surface area contributed by atoms with Crippen LogP contribution in [-0.2, 0) is 0 Å². The zero-order chi connectivity index (χ0) is 14.7. The highest BCUT2D eigenvalue weighted by Crippen LogP contribution is 2.21. The predicted molar refractivity (Wildman–Crippen MR) is 77.6 cm³/mol. The summed E-state index contributed by atoms with van der Waals surface area (Å²) >= 11 is 0. The van der Waals surface area contributed by atoms with E-state index in [-0.39, 0.29) is 6.04 Å². The van der Waals surface area contributed by atoms with E-state index in [9.17, 15) is 8.78 Å². The van der Waals surface area contributed by atoms with Crippen molar-refractivity contribution in [2.24, 2.45) is 0 Å². The predicted octanol–water partition coefficient (Wildman–Crippen LogP) is 3.49. The lowest BCUT2D eigenvalue weighted by Crippen LogP contribution is -2.45. The summed E-state index contributed by atoms with van der Waals surface area (Å²) in [5, 5.41) is 3.47. The Hall–Kier alpha value is -1.00. The molecule has 0 aliphatic carbocycles. The second kappa shape index (κ2) is 6.64. The molecule has 1 unspecified atom stereocenters. The summed E-state index contributed by atoms with van der Waals surface area (Å²) in [6, 6.07) is 4.71. The van der Waals surface area contributed by atoms with Gasteiger partial charge in [-0.1, -0.05) is 6.07 Å². The fraction of sp³-hybridized carbons (Fsp3) is 0.625. The van der Waals surface area contributed by atoms with Gasteiger partial charge < -0.3 is 10.2 Å². The Bertz CT molecular complexity index is 440. The summed E-state index contributed by atoms with van der Waals surface area (Å²) in [4.78, 5) is 2.46. The molecule has 2 rings (SSSR count). The Balaban J connectivity index is 1.90. The van der Waals surface area contributed by atoms with Crippen molar-refractivity contribution in [3.05, 3.63) is 35.4 Å². The van der Waals surface area contributed by atoms with Gasteiger partial charge in [0.2, 0.25) is 0 Å². The van der Waals surface area contributed by atoms with E-state index in [1.165, 1.54) is 12.1 Å². The Labute approximate surface area is 120 Å². The van der Waals surface area contributed by atoms with Crippen molar-refractivity contribution < 1.29 is 8.78 Å². The Morgan fingerprint density at radius 2 is 1.80 bits per heavy atom. The molecular formula is C16H24F2N2. The molecule has 0 saturated carbocycles. The van der Waals surface area contributed by atoms with Crippen LogP contribution in [0.15, 0.2) is 18.2 Å². The number of halogens is 2. The first-order valence-electron chi connectivity index (χ1n) is 7.42. The minimum atomic E-state index is -0.524. The van der Waals surface area contributed by atoms with E-state index in [1.54, 1.807) is 0 Å². The molecule has 0 amide bonds. The standard InChI is InChI=1S/C16H24F2N2/c1-11(2)20-8-6-14(7-9-20)19-12(3)15-5-4-13(17)10-16(15)18/h4-5,10-12,14,19H,6-9H2,1-3H3. The molecule has 1 fully saturated rings. The molecule has 1 N–H and O–H groups in total. The fourth-order valence-electron chi connectivity index (χ4n) is 2.88. The summed E-state index contributed by atoms with van der Waals surface area (Å²) in [5.41, 5.74) is 0.540. The van der Waals surface area contributed by atoms with Crippen molar-refractivity contribution in [3.8, 4) is 0 Å². The molecule has 1 aromatic carbocycles. The number of nitrogens with zero attached hydrogens (tertiary/aromatic N) is 1. The molecule has 112 valence electrons. The van der Waals surface area contributed by atoms with Crippen LogP contribution in [-0.4, -0.2) is 30.1 Å². The third-order valence-electron chi connectivity index (χ3n) is 4.17. The van der Waals surface area contributed by atoms with Crippen LogP contribution in [0.1, 0.15) is 45.2 Å². The molecule has 0 bridgehead atoms. The number of hydrogen-bond donors (Lipinski definition) is 1. The van der Waals surface area contributed by atoms with E-state index in [0.717, 1.165) is 32.0 Å². The largest absolute Gasteiger partial charge is 0.307 e. The number of benzene rings is 1. The van der Waals surface area contributed by atoms with Crippen molar-refractivity contribution in [2.75, 3.05) is 13.1 Å². The van der Waals surface area contributed by atoms with Crippen molar-refractivity contribution in [3.63, 3.8) is 0 Å². The molecule has 1 saturated heterocycles. The van der Waals surface area contributed by atoms with Crippen LogP contribution < -0.4 is 5.32 Å². The van der Waals surface area contributed by atoms with Crippen LogP contribution in [0.3, 0.4) is 0 Å². The Morgan fingerprint density at radius 3 is 2.35 bits per heavy atom. The lowest BCUT2D eigenvalue weighted by Gasteiger charge is -2.36. The summed E-state index contributed by atoms with van der Waals surface area (Å²) in [6.07, 6.45) is 2.15. The Morgan fingerprint density at radius 1 is 1.15 bits per heavy atom. The minimum absolute atomic E-state index is 0.0915. The topological polar surface area (TPSA) is 15.3 Å². The molecular weight excluding hydrogens is 258 g/mol. The van der Waals surface area contributed by atoms with Gasteiger partial charge in [0.25, 0.3) is 0 Å². The summed E-state index contributed by atoms with van der Waals surface area (Å²) in [5.74, 6) is -0.992. The van der Waals surface area contributed by atoms with Crippen LogP contribution >= 0.6 is 0 Å². The lowest BCUT2D eigenvalue weighted by molar-refractivity contribution is 0.157. The van der Waals surface area contributed by atoms with Gasteiger partial charge in [0.05, 0.1) is 0 Å². The van der Waals surface area contributed by atoms with Gasteiger partial charge in [0.1, 0.15) is 11.6 Å². The summed E-state index contributed by atoms with van der Waals surface area (Å²) < 4.78 is 26.7. The normalized spacial score (nSPS) is 19.5. The summed E-state index contributed by atoms with van der Waals surface area (Å²) in [7, 11) is 0. The van der Waals surface area contributed by atoms with Gasteiger partial charge in [-0.3, -0.25) is 0 Å². The van der Waals surface area contributed by atoms with Crippen molar-refractivity contribution in [1.82, 2.24) is 10.2 Å². The highest BCUT2D eigenvalue weighted by Gasteiger charge is 2.23. The van der Waals surface area contributed by atoms with Gasteiger partial charge in [-0.05, 0) is 52.8 Å². The van der Waals surface area contributed by atoms with Gasteiger partial charge in [0, 0.05) is 29.8 Å². The van der Waals surface area contributed by atoms with Crippen LogP contribution in [0.2, 0.25) is 0 Å². The van der Waals surface area contributed by atoms with Crippen LogP contribution in [0.5, 0.6) is 0 Å². The molecule has 0 radical (unpaired) electrons. The van der Waals surface area contributed by atoms with Crippen molar-refractivity contribution in [1.29, 1.82) is 0 Å². The number of nitrogens with one attached hydrogen (secondary N) is 1. The average Bonchev–Trinajstić information content (AvgIpc) is 2.39. The first-order valence-corrected chi connectivity index (χ1v) is 7.42. The lowest BCUT2D eigenvalue weighted by atomic mass is 10.0. The smallest absolute Gasteiger partial charge is 0.130 e. The van der Waals surface area contributed by atoms with E-state index in [2.05, 4.69) is 24.1 Å². The maximum Gasteiger partial charge on any atom is 0.130 e. The van der Waals surface area contributed by atoms with E-state index in [4.69, 9.17) is 0 Å². The third-order valence-corrected chi connectivity index (χ3v) is 4.17. The molecule has 1 atom stereocenters. The monoisotopic (exact) mass is 282 g/mol. The second-order valence-corrected chi connectivity index (χ2v) is 5.96. The van der Waals surface area contributed by atoms with E-state index >= 15 is 0 Å². The van der Waals surface area contributed by atoms with E-state index in [1.807, 2.05) is 6.92 Å². The quantitative estimate of drug-likeness (QED) is 0.909. The summed E-state index contributed by atoms with van der Waals surface area (Å²) in [6.45, 7) is 8.52. The molecule has 2 nitrogen and oxygen atoms in total. The highest BCUT2D eigenvalue weighted by molar-refractivity contribution is 5.21. The maximum absolute atomic E-state index is 13.7.